The van der Waals surface area contributed by atoms with E-state index in [-0.39, 0.29) is 0 Å². The quantitative estimate of drug-likeness (QED) is 0.594. The van der Waals surface area contributed by atoms with Crippen molar-refractivity contribution in [1.29, 1.82) is 0 Å². The molecule has 12 heavy (non-hydrogen) atoms. The maximum absolute atomic E-state index is 2.27. The highest BCUT2D eigenvalue weighted by Crippen LogP contribution is 2.34. The predicted octanol–water partition coefficient (Wildman–Crippen LogP) is 4.31. The Balaban J connectivity index is 2.70. The van der Waals surface area contributed by atoms with Gasteiger partial charge in [0.1, 0.15) is 0 Å². The Bertz CT molecular complexity index is 216. The van der Waals surface area contributed by atoms with E-state index < -0.39 is 0 Å². The first kappa shape index (κ1) is 10.6. The zero-order chi connectivity index (χ0) is 8.97. The summed E-state index contributed by atoms with van der Waals surface area (Å²) in [6, 6.07) is 0. The second-order valence-corrected chi connectivity index (χ2v) is 6.41. The molecule has 0 saturated carbocycles. The molecule has 0 N–H and O–H groups in total. The van der Waals surface area contributed by atoms with E-state index in [1.165, 1.54) is 26.2 Å². The molecule has 0 aromatic heterocycles. The van der Waals surface area contributed by atoms with Crippen molar-refractivity contribution in [3.8, 4) is 0 Å². The van der Waals surface area contributed by atoms with Crippen LogP contribution < -0.4 is 0 Å². The summed E-state index contributed by atoms with van der Waals surface area (Å²) in [5, 5.41) is 2.27. The van der Waals surface area contributed by atoms with Gasteiger partial charge < -0.3 is 0 Å². The minimum Gasteiger partial charge on any atom is -0.132 e. The van der Waals surface area contributed by atoms with Crippen LogP contribution >= 0.6 is 35.3 Å². The second kappa shape index (κ2) is 5.30. The molecule has 1 aliphatic rings. The molecule has 0 unspecified atom stereocenters. The monoisotopic (exact) mass is 218 g/mol. The molecule has 0 fully saturated rings. The maximum Gasteiger partial charge on any atom is 0.00713 e. The number of allylic oxidation sites excluding steroid dienone is 3. The molecular weight excluding hydrogens is 204 g/mol. The molecule has 0 amide bonds. The van der Waals surface area contributed by atoms with Crippen LogP contribution in [0.1, 0.15) is 20.8 Å². The Morgan fingerprint density at radius 3 is 2.58 bits per heavy atom. The van der Waals surface area contributed by atoms with Crippen LogP contribution in [0.3, 0.4) is 0 Å². The Hall–Kier alpha value is 0.530. The lowest BCUT2D eigenvalue weighted by Gasteiger charge is -2.04. The van der Waals surface area contributed by atoms with Gasteiger partial charge in [-0.25, -0.2) is 0 Å². The van der Waals surface area contributed by atoms with Gasteiger partial charge in [0.15, 0.2) is 0 Å². The molecule has 68 valence electrons. The lowest BCUT2D eigenvalue weighted by atomic mass is 10.6. The van der Waals surface area contributed by atoms with Crippen LogP contribution in [-0.4, -0.2) is 11.5 Å². The highest BCUT2D eigenvalue weighted by Gasteiger charge is 2.02. The summed E-state index contributed by atoms with van der Waals surface area (Å²) in [7, 11) is 0. The fourth-order valence-corrected chi connectivity index (χ4v) is 3.76. The van der Waals surface area contributed by atoms with E-state index in [2.05, 4.69) is 26.2 Å². The predicted molar refractivity (Wildman–Crippen MR) is 64.6 cm³/mol. The van der Waals surface area contributed by atoms with Gasteiger partial charge in [0.25, 0.3) is 0 Å². The van der Waals surface area contributed by atoms with E-state index in [4.69, 9.17) is 0 Å². The van der Waals surface area contributed by atoms with E-state index in [9.17, 15) is 0 Å². The first-order chi connectivity index (χ1) is 5.70. The SMILES string of the molecule is C/C1=C\SCCS/C(C)=C(\C)S1. The van der Waals surface area contributed by atoms with E-state index in [0.717, 1.165) is 0 Å². The van der Waals surface area contributed by atoms with Gasteiger partial charge in [-0.05, 0) is 40.9 Å². The molecule has 0 bridgehead atoms. The molecule has 0 radical (unpaired) electrons. The molecule has 3 heteroatoms. The Morgan fingerprint density at radius 2 is 1.83 bits per heavy atom. The van der Waals surface area contributed by atoms with Crippen molar-refractivity contribution < 1.29 is 0 Å². The Morgan fingerprint density at radius 1 is 1.08 bits per heavy atom. The van der Waals surface area contributed by atoms with Crippen molar-refractivity contribution >= 4 is 35.3 Å². The first-order valence-corrected chi connectivity index (χ1v) is 6.81. The first-order valence-electron chi connectivity index (χ1n) is 3.96. The summed E-state index contributed by atoms with van der Waals surface area (Å²) < 4.78 is 0. The van der Waals surface area contributed by atoms with Gasteiger partial charge in [0.05, 0.1) is 0 Å². The number of hydrogen-bond acceptors (Lipinski definition) is 3. The second-order valence-electron chi connectivity index (χ2n) is 2.66. The molecule has 0 aliphatic carbocycles. The zero-order valence-electron chi connectivity index (χ0n) is 7.72. The minimum atomic E-state index is 1.23. The number of hydrogen-bond donors (Lipinski definition) is 0. The molecule has 1 heterocycles. The highest BCUT2D eigenvalue weighted by molar-refractivity contribution is 8.11. The number of thioether (sulfide) groups is 3. The zero-order valence-corrected chi connectivity index (χ0v) is 10.2. The third-order valence-electron chi connectivity index (χ3n) is 1.58. The minimum absolute atomic E-state index is 1.23. The van der Waals surface area contributed by atoms with E-state index in [1.807, 2.05) is 35.3 Å². The van der Waals surface area contributed by atoms with Gasteiger partial charge in [-0.15, -0.1) is 23.5 Å². The molecule has 0 aromatic rings. The molecule has 0 aromatic carbocycles. The fourth-order valence-electron chi connectivity index (χ4n) is 0.858. The summed E-state index contributed by atoms with van der Waals surface area (Å²) >= 11 is 5.80. The van der Waals surface area contributed by atoms with Gasteiger partial charge in [-0.1, -0.05) is 11.8 Å². The van der Waals surface area contributed by atoms with Gasteiger partial charge >= 0.3 is 0 Å². The molecular formula is C9H14S3. The van der Waals surface area contributed by atoms with Gasteiger partial charge in [0.2, 0.25) is 0 Å². The van der Waals surface area contributed by atoms with Gasteiger partial charge in [0, 0.05) is 11.5 Å². The van der Waals surface area contributed by atoms with Crippen LogP contribution in [0.15, 0.2) is 20.1 Å². The van der Waals surface area contributed by atoms with E-state index in [1.54, 1.807) is 0 Å². The van der Waals surface area contributed by atoms with Crippen molar-refractivity contribution in [2.75, 3.05) is 11.5 Å². The van der Waals surface area contributed by atoms with Crippen molar-refractivity contribution in [3.05, 3.63) is 20.1 Å². The molecule has 1 rings (SSSR count). The normalized spacial score (nSPS) is 31.4. The van der Waals surface area contributed by atoms with Crippen LogP contribution in [0.4, 0.5) is 0 Å². The Labute approximate surface area is 87.6 Å². The summed E-state index contributed by atoms with van der Waals surface area (Å²) in [4.78, 5) is 4.35. The summed E-state index contributed by atoms with van der Waals surface area (Å²) in [5.41, 5.74) is 0. The van der Waals surface area contributed by atoms with Crippen molar-refractivity contribution in [2.24, 2.45) is 0 Å². The maximum atomic E-state index is 2.27. The van der Waals surface area contributed by atoms with Crippen LogP contribution in [0, 0.1) is 0 Å². The van der Waals surface area contributed by atoms with Crippen LogP contribution in [0.2, 0.25) is 0 Å². The van der Waals surface area contributed by atoms with E-state index in [0.29, 0.717) is 0 Å². The van der Waals surface area contributed by atoms with Crippen LogP contribution in [0.5, 0.6) is 0 Å². The molecule has 0 saturated heterocycles. The van der Waals surface area contributed by atoms with Crippen LogP contribution in [0.25, 0.3) is 0 Å². The Kier molecular flexibility index (Phi) is 4.69. The van der Waals surface area contributed by atoms with Crippen molar-refractivity contribution in [3.63, 3.8) is 0 Å². The smallest absolute Gasteiger partial charge is 0.00713 e. The lowest BCUT2D eigenvalue weighted by Crippen LogP contribution is -1.81. The van der Waals surface area contributed by atoms with Gasteiger partial charge in [-0.2, -0.15) is 0 Å². The molecule has 0 atom stereocenters. The van der Waals surface area contributed by atoms with E-state index >= 15 is 0 Å². The lowest BCUT2D eigenvalue weighted by molar-refractivity contribution is 1.51. The average Bonchev–Trinajstić information content (AvgIpc) is 2.07. The third-order valence-corrected chi connectivity index (χ3v) is 5.28. The van der Waals surface area contributed by atoms with Gasteiger partial charge in [-0.3, -0.25) is 0 Å². The number of rotatable bonds is 0. The molecule has 0 nitrogen and oxygen atoms in total. The molecule has 1 aliphatic heterocycles. The third kappa shape index (κ3) is 3.50. The summed E-state index contributed by atoms with van der Waals surface area (Å²) in [6.45, 7) is 6.61. The molecule has 0 spiro atoms. The van der Waals surface area contributed by atoms with Crippen molar-refractivity contribution in [2.45, 2.75) is 20.8 Å². The standard InChI is InChI=1S/C9H14S3/c1-7-6-10-4-5-11-8(2)9(3)12-7/h6H,4-5H2,1-3H3/b7-6+,9-8+. The fraction of sp³-hybridized carbons (Fsp3) is 0.556. The summed E-state index contributed by atoms with van der Waals surface area (Å²) in [5.74, 6) is 2.46. The van der Waals surface area contributed by atoms with Crippen molar-refractivity contribution in [1.82, 2.24) is 0 Å². The highest BCUT2D eigenvalue weighted by atomic mass is 32.2. The average molecular weight is 218 g/mol. The largest absolute Gasteiger partial charge is 0.132 e. The van der Waals surface area contributed by atoms with Crippen LogP contribution in [-0.2, 0) is 0 Å². The topological polar surface area (TPSA) is 0 Å². The summed E-state index contributed by atoms with van der Waals surface area (Å²) in [6.07, 6.45) is 0.